The molecule has 1 heterocycles. The zero-order chi connectivity index (χ0) is 17.0. The first-order valence-corrected chi connectivity index (χ1v) is 9.53. The molecule has 0 bridgehead atoms. The van der Waals surface area contributed by atoms with Crippen LogP contribution in [-0.4, -0.2) is 37.0 Å². The molecule has 0 aliphatic carbocycles. The van der Waals surface area contributed by atoms with Crippen LogP contribution in [0.25, 0.3) is 0 Å². The zero-order valence-corrected chi connectivity index (χ0v) is 15.1. The standard InChI is InChI=1S/C20H32N2O2/c1-2-3-4-9-16-24-19-12-10-18(11-13-19)21-20(23)17-22-14-7-5-6-8-15-22/h10-13H,2-9,14-17H2,1H3,(H,21,23). The molecule has 1 aliphatic rings. The second kappa shape index (κ2) is 11.1. The minimum Gasteiger partial charge on any atom is -0.494 e. The number of hydrogen-bond donors (Lipinski definition) is 1. The number of anilines is 1. The highest BCUT2D eigenvalue weighted by Gasteiger charge is 2.13. The highest BCUT2D eigenvalue weighted by atomic mass is 16.5. The van der Waals surface area contributed by atoms with E-state index in [9.17, 15) is 4.79 Å². The van der Waals surface area contributed by atoms with Gasteiger partial charge in [-0.15, -0.1) is 0 Å². The maximum absolute atomic E-state index is 12.2. The lowest BCUT2D eigenvalue weighted by molar-refractivity contribution is -0.117. The van der Waals surface area contributed by atoms with Crippen LogP contribution in [-0.2, 0) is 4.79 Å². The number of amides is 1. The van der Waals surface area contributed by atoms with E-state index in [-0.39, 0.29) is 5.91 Å². The Balaban J connectivity index is 1.69. The third-order valence-corrected chi connectivity index (χ3v) is 4.47. The number of nitrogens with zero attached hydrogens (tertiary/aromatic N) is 1. The molecule has 1 aliphatic heterocycles. The summed E-state index contributed by atoms with van der Waals surface area (Å²) in [6.07, 6.45) is 9.83. The zero-order valence-electron chi connectivity index (χ0n) is 15.1. The molecule has 0 saturated carbocycles. The Morgan fingerprint density at radius 1 is 1.04 bits per heavy atom. The van der Waals surface area contributed by atoms with Gasteiger partial charge in [-0.1, -0.05) is 39.0 Å². The van der Waals surface area contributed by atoms with Gasteiger partial charge in [0.15, 0.2) is 0 Å². The van der Waals surface area contributed by atoms with Crippen LogP contribution in [0.2, 0.25) is 0 Å². The van der Waals surface area contributed by atoms with Gasteiger partial charge in [0, 0.05) is 5.69 Å². The molecule has 1 N–H and O–H groups in total. The molecule has 0 atom stereocenters. The van der Waals surface area contributed by atoms with Gasteiger partial charge in [0.05, 0.1) is 13.2 Å². The summed E-state index contributed by atoms with van der Waals surface area (Å²) in [7, 11) is 0. The van der Waals surface area contributed by atoms with Gasteiger partial charge in [-0.05, 0) is 56.6 Å². The van der Waals surface area contributed by atoms with Gasteiger partial charge in [0.25, 0.3) is 0 Å². The van der Waals surface area contributed by atoms with E-state index in [2.05, 4.69) is 17.1 Å². The van der Waals surface area contributed by atoms with Crippen molar-refractivity contribution in [3.63, 3.8) is 0 Å². The van der Waals surface area contributed by atoms with Gasteiger partial charge in [-0.3, -0.25) is 9.69 Å². The predicted molar refractivity (Wildman–Crippen MR) is 99.6 cm³/mol. The molecule has 0 radical (unpaired) electrons. The number of benzene rings is 1. The van der Waals surface area contributed by atoms with E-state index < -0.39 is 0 Å². The van der Waals surface area contributed by atoms with Crippen LogP contribution < -0.4 is 10.1 Å². The van der Waals surface area contributed by atoms with Crippen LogP contribution in [0.1, 0.15) is 58.3 Å². The third-order valence-electron chi connectivity index (χ3n) is 4.47. The molecule has 24 heavy (non-hydrogen) atoms. The number of carbonyl (C=O) groups is 1. The average molecular weight is 332 g/mol. The maximum atomic E-state index is 12.2. The Morgan fingerprint density at radius 3 is 2.42 bits per heavy atom. The van der Waals surface area contributed by atoms with Crippen LogP contribution >= 0.6 is 0 Å². The van der Waals surface area contributed by atoms with E-state index in [1.807, 2.05) is 24.3 Å². The minimum absolute atomic E-state index is 0.0742. The quantitative estimate of drug-likeness (QED) is 0.679. The molecular formula is C20H32N2O2. The first-order valence-electron chi connectivity index (χ1n) is 9.53. The van der Waals surface area contributed by atoms with Gasteiger partial charge >= 0.3 is 0 Å². The molecule has 0 spiro atoms. The Morgan fingerprint density at radius 2 is 1.75 bits per heavy atom. The van der Waals surface area contributed by atoms with Crippen molar-refractivity contribution in [2.75, 3.05) is 31.6 Å². The minimum atomic E-state index is 0.0742. The molecule has 4 nitrogen and oxygen atoms in total. The fourth-order valence-corrected chi connectivity index (χ4v) is 3.05. The van der Waals surface area contributed by atoms with Gasteiger partial charge < -0.3 is 10.1 Å². The summed E-state index contributed by atoms with van der Waals surface area (Å²) in [5.74, 6) is 0.946. The molecule has 1 fully saturated rings. The largest absolute Gasteiger partial charge is 0.494 e. The molecule has 1 amide bonds. The fourth-order valence-electron chi connectivity index (χ4n) is 3.05. The molecule has 0 unspecified atom stereocenters. The number of carbonyl (C=O) groups excluding carboxylic acids is 1. The highest BCUT2D eigenvalue weighted by Crippen LogP contribution is 2.16. The lowest BCUT2D eigenvalue weighted by atomic mass is 10.2. The Kier molecular flexibility index (Phi) is 8.67. The number of likely N-dealkylation sites (tertiary alicyclic amines) is 1. The average Bonchev–Trinajstić information content (AvgIpc) is 2.85. The Bertz CT molecular complexity index is 465. The number of nitrogens with one attached hydrogen (secondary N) is 1. The van der Waals surface area contributed by atoms with E-state index in [4.69, 9.17) is 4.74 Å². The van der Waals surface area contributed by atoms with Crippen molar-refractivity contribution < 1.29 is 9.53 Å². The van der Waals surface area contributed by atoms with E-state index >= 15 is 0 Å². The third kappa shape index (κ3) is 7.35. The first-order chi connectivity index (χ1) is 11.8. The van der Waals surface area contributed by atoms with Gasteiger partial charge in [-0.2, -0.15) is 0 Å². The molecule has 1 aromatic carbocycles. The van der Waals surface area contributed by atoms with Crippen molar-refractivity contribution in [3.8, 4) is 5.75 Å². The second-order valence-electron chi connectivity index (χ2n) is 6.67. The molecule has 2 rings (SSSR count). The van der Waals surface area contributed by atoms with Crippen LogP contribution in [0.4, 0.5) is 5.69 Å². The summed E-state index contributed by atoms with van der Waals surface area (Å²) >= 11 is 0. The lowest BCUT2D eigenvalue weighted by Crippen LogP contribution is -2.33. The Hall–Kier alpha value is -1.55. The monoisotopic (exact) mass is 332 g/mol. The van der Waals surface area contributed by atoms with Crippen molar-refractivity contribution in [2.24, 2.45) is 0 Å². The molecule has 1 aromatic rings. The van der Waals surface area contributed by atoms with E-state index in [0.29, 0.717) is 6.54 Å². The first kappa shape index (κ1) is 18.8. The van der Waals surface area contributed by atoms with Crippen LogP contribution in [0.3, 0.4) is 0 Å². The van der Waals surface area contributed by atoms with Gasteiger partial charge in [-0.25, -0.2) is 0 Å². The van der Waals surface area contributed by atoms with E-state index in [0.717, 1.165) is 37.6 Å². The molecule has 134 valence electrons. The maximum Gasteiger partial charge on any atom is 0.238 e. The summed E-state index contributed by atoms with van der Waals surface area (Å²) in [4.78, 5) is 14.4. The second-order valence-corrected chi connectivity index (χ2v) is 6.67. The SMILES string of the molecule is CCCCCCOc1ccc(NC(=O)CN2CCCCCC2)cc1. The van der Waals surface area contributed by atoms with Crippen molar-refractivity contribution in [3.05, 3.63) is 24.3 Å². The predicted octanol–water partition coefficient (Wildman–Crippen LogP) is 4.46. The van der Waals surface area contributed by atoms with Crippen molar-refractivity contribution in [2.45, 2.75) is 58.3 Å². The van der Waals surface area contributed by atoms with Crippen LogP contribution in [0.5, 0.6) is 5.75 Å². The summed E-state index contributed by atoms with van der Waals surface area (Å²) in [6.45, 7) is 5.55. The normalized spacial score (nSPS) is 15.7. The fraction of sp³-hybridized carbons (Fsp3) is 0.650. The van der Waals surface area contributed by atoms with E-state index in [1.54, 1.807) is 0 Å². The van der Waals surface area contributed by atoms with Crippen molar-refractivity contribution in [1.82, 2.24) is 4.90 Å². The van der Waals surface area contributed by atoms with Crippen molar-refractivity contribution in [1.29, 1.82) is 0 Å². The molecule has 1 saturated heterocycles. The number of ether oxygens (including phenoxy) is 1. The highest BCUT2D eigenvalue weighted by molar-refractivity contribution is 5.92. The topological polar surface area (TPSA) is 41.6 Å². The number of hydrogen-bond acceptors (Lipinski definition) is 3. The van der Waals surface area contributed by atoms with Crippen molar-refractivity contribution >= 4 is 11.6 Å². The lowest BCUT2D eigenvalue weighted by Gasteiger charge is -2.19. The summed E-state index contributed by atoms with van der Waals surface area (Å²) < 4.78 is 5.73. The Labute approximate surface area is 146 Å². The summed E-state index contributed by atoms with van der Waals surface area (Å²) in [6, 6.07) is 7.70. The summed E-state index contributed by atoms with van der Waals surface area (Å²) in [5, 5.41) is 2.98. The van der Waals surface area contributed by atoms with E-state index in [1.165, 1.54) is 44.9 Å². The van der Waals surface area contributed by atoms with Crippen LogP contribution in [0, 0.1) is 0 Å². The molecular weight excluding hydrogens is 300 g/mol. The van der Waals surface area contributed by atoms with Crippen LogP contribution in [0.15, 0.2) is 24.3 Å². The van der Waals surface area contributed by atoms with Gasteiger partial charge in [0.2, 0.25) is 5.91 Å². The van der Waals surface area contributed by atoms with Gasteiger partial charge in [0.1, 0.15) is 5.75 Å². The molecule has 4 heteroatoms. The summed E-state index contributed by atoms with van der Waals surface area (Å²) in [5.41, 5.74) is 0.841. The smallest absolute Gasteiger partial charge is 0.238 e. The number of rotatable bonds is 9. The number of unbranched alkanes of at least 4 members (excludes halogenated alkanes) is 3. The molecule has 0 aromatic heterocycles.